The van der Waals surface area contributed by atoms with Crippen molar-refractivity contribution in [3.63, 3.8) is 0 Å². The Balaban J connectivity index is 2.15. The van der Waals surface area contributed by atoms with E-state index < -0.39 is 0 Å². The van der Waals surface area contributed by atoms with Crippen molar-refractivity contribution in [2.24, 2.45) is 0 Å². The number of aromatic nitrogens is 3. The molecule has 3 rings (SSSR count). The van der Waals surface area contributed by atoms with Gasteiger partial charge in [-0.05, 0) is 49.4 Å². The first-order valence-electron chi connectivity index (χ1n) is 6.08. The van der Waals surface area contributed by atoms with Crippen molar-refractivity contribution in [1.82, 2.24) is 14.8 Å². The topological polar surface area (TPSA) is 30.7 Å². The zero-order chi connectivity index (χ0) is 14.1. The van der Waals surface area contributed by atoms with E-state index in [-0.39, 0.29) is 0 Å². The van der Waals surface area contributed by atoms with Crippen LogP contribution in [0.15, 0.2) is 48.7 Å². The van der Waals surface area contributed by atoms with Crippen molar-refractivity contribution in [3.8, 4) is 16.9 Å². The van der Waals surface area contributed by atoms with Crippen molar-refractivity contribution in [2.75, 3.05) is 0 Å². The van der Waals surface area contributed by atoms with Crippen LogP contribution in [0.25, 0.3) is 16.9 Å². The van der Waals surface area contributed by atoms with Crippen LogP contribution >= 0.6 is 23.2 Å². The van der Waals surface area contributed by atoms with Crippen molar-refractivity contribution in [1.29, 1.82) is 0 Å². The van der Waals surface area contributed by atoms with Crippen LogP contribution in [-0.2, 0) is 0 Å². The summed E-state index contributed by atoms with van der Waals surface area (Å²) in [6.45, 7) is 1.96. The molecule has 0 N–H and O–H groups in total. The van der Waals surface area contributed by atoms with Gasteiger partial charge in [-0.15, -0.1) is 0 Å². The third kappa shape index (κ3) is 2.55. The highest BCUT2D eigenvalue weighted by Crippen LogP contribution is 2.25. The van der Waals surface area contributed by atoms with Crippen molar-refractivity contribution < 1.29 is 0 Å². The minimum Gasteiger partial charge on any atom is -0.245 e. The van der Waals surface area contributed by atoms with Gasteiger partial charge < -0.3 is 0 Å². The predicted octanol–water partition coefficient (Wildman–Crippen LogP) is 4.55. The molecule has 0 aliphatic heterocycles. The summed E-state index contributed by atoms with van der Waals surface area (Å²) in [5, 5.41) is 5.69. The Morgan fingerprint density at radius 3 is 2.45 bits per heavy atom. The Kier molecular flexibility index (Phi) is 3.47. The van der Waals surface area contributed by atoms with E-state index in [2.05, 4.69) is 10.1 Å². The van der Waals surface area contributed by atoms with E-state index in [1.807, 2.05) is 54.1 Å². The second-order valence-corrected chi connectivity index (χ2v) is 5.25. The SMILES string of the molecule is Cc1cc(-c2ccnc(Cl)c2)n(-c2ccc(Cl)cc2)n1. The van der Waals surface area contributed by atoms with E-state index in [4.69, 9.17) is 23.2 Å². The van der Waals surface area contributed by atoms with Gasteiger partial charge in [0, 0.05) is 16.8 Å². The van der Waals surface area contributed by atoms with Crippen LogP contribution in [0, 0.1) is 6.92 Å². The number of benzene rings is 1. The minimum absolute atomic E-state index is 0.462. The fourth-order valence-corrected chi connectivity index (χ4v) is 2.35. The predicted molar refractivity (Wildman–Crippen MR) is 81.6 cm³/mol. The molecule has 3 nitrogen and oxygen atoms in total. The highest BCUT2D eigenvalue weighted by Gasteiger charge is 2.10. The van der Waals surface area contributed by atoms with Crippen molar-refractivity contribution in [2.45, 2.75) is 6.92 Å². The van der Waals surface area contributed by atoms with Gasteiger partial charge in [0.1, 0.15) is 5.15 Å². The summed E-state index contributed by atoms with van der Waals surface area (Å²) in [6.07, 6.45) is 1.69. The minimum atomic E-state index is 0.462. The summed E-state index contributed by atoms with van der Waals surface area (Å²) in [4.78, 5) is 4.00. The lowest BCUT2D eigenvalue weighted by atomic mass is 10.2. The molecular formula is C15H11Cl2N3. The number of aryl methyl sites for hydroxylation is 1. The third-order valence-electron chi connectivity index (χ3n) is 2.93. The first-order valence-corrected chi connectivity index (χ1v) is 6.83. The Morgan fingerprint density at radius 1 is 1.00 bits per heavy atom. The molecule has 0 atom stereocenters. The van der Waals surface area contributed by atoms with Crippen molar-refractivity contribution in [3.05, 3.63) is 64.5 Å². The summed E-state index contributed by atoms with van der Waals surface area (Å²) < 4.78 is 1.87. The molecule has 3 aromatic rings. The second-order valence-electron chi connectivity index (χ2n) is 4.43. The van der Waals surface area contributed by atoms with E-state index in [1.54, 1.807) is 6.20 Å². The third-order valence-corrected chi connectivity index (χ3v) is 3.38. The standard InChI is InChI=1S/C15H11Cl2N3/c1-10-8-14(11-6-7-18-15(17)9-11)20(19-10)13-4-2-12(16)3-5-13/h2-9H,1H3. The fraction of sp³-hybridized carbons (Fsp3) is 0.0667. The van der Waals surface area contributed by atoms with Crippen LogP contribution < -0.4 is 0 Å². The van der Waals surface area contributed by atoms with Crippen LogP contribution in [0.2, 0.25) is 10.2 Å². The smallest absolute Gasteiger partial charge is 0.129 e. The number of pyridine rings is 1. The van der Waals surface area contributed by atoms with E-state index in [9.17, 15) is 0 Å². The lowest BCUT2D eigenvalue weighted by Crippen LogP contribution is -1.99. The molecule has 0 amide bonds. The summed E-state index contributed by atoms with van der Waals surface area (Å²) in [5.41, 5.74) is 3.82. The molecule has 0 radical (unpaired) electrons. The van der Waals surface area contributed by atoms with Gasteiger partial charge in [-0.25, -0.2) is 9.67 Å². The van der Waals surface area contributed by atoms with Gasteiger partial charge in [0.15, 0.2) is 0 Å². The quantitative estimate of drug-likeness (QED) is 0.650. The Labute approximate surface area is 126 Å². The number of hydrogen-bond donors (Lipinski definition) is 0. The lowest BCUT2D eigenvalue weighted by Gasteiger charge is -2.07. The first kappa shape index (κ1) is 13.2. The molecule has 0 unspecified atom stereocenters. The van der Waals surface area contributed by atoms with E-state index in [1.165, 1.54) is 0 Å². The Morgan fingerprint density at radius 2 is 1.75 bits per heavy atom. The number of halogens is 2. The van der Waals surface area contributed by atoms with E-state index >= 15 is 0 Å². The molecule has 0 aliphatic carbocycles. The highest BCUT2D eigenvalue weighted by molar-refractivity contribution is 6.30. The molecule has 2 aromatic heterocycles. The molecule has 100 valence electrons. The molecule has 5 heteroatoms. The van der Waals surface area contributed by atoms with Crippen LogP contribution in [-0.4, -0.2) is 14.8 Å². The molecule has 0 saturated heterocycles. The number of hydrogen-bond acceptors (Lipinski definition) is 2. The van der Waals surface area contributed by atoms with Crippen LogP contribution in [0.4, 0.5) is 0 Å². The molecule has 0 spiro atoms. The van der Waals surface area contributed by atoms with Gasteiger partial charge in [0.2, 0.25) is 0 Å². The molecule has 0 aliphatic rings. The fourth-order valence-electron chi connectivity index (χ4n) is 2.05. The molecule has 2 heterocycles. The van der Waals surface area contributed by atoms with Gasteiger partial charge >= 0.3 is 0 Å². The van der Waals surface area contributed by atoms with Crippen molar-refractivity contribution >= 4 is 23.2 Å². The van der Waals surface area contributed by atoms with E-state index in [0.717, 1.165) is 22.6 Å². The van der Waals surface area contributed by atoms with Crippen LogP contribution in [0.5, 0.6) is 0 Å². The maximum absolute atomic E-state index is 5.96. The van der Waals surface area contributed by atoms with Gasteiger partial charge in [-0.2, -0.15) is 5.10 Å². The zero-order valence-electron chi connectivity index (χ0n) is 10.7. The van der Waals surface area contributed by atoms with Gasteiger partial charge in [0.25, 0.3) is 0 Å². The summed E-state index contributed by atoms with van der Waals surface area (Å²) >= 11 is 11.9. The maximum atomic E-state index is 5.96. The summed E-state index contributed by atoms with van der Waals surface area (Å²) in [6, 6.07) is 13.3. The maximum Gasteiger partial charge on any atom is 0.129 e. The average molecular weight is 304 g/mol. The van der Waals surface area contributed by atoms with Gasteiger partial charge in [0.05, 0.1) is 17.1 Å². The molecular weight excluding hydrogens is 293 g/mol. The van der Waals surface area contributed by atoms with E-state index in [0.29, 0.717) is 10.2 Å². The summed E-state index contributed by atoms with van der Waals surface area (Å²) in [7, 11) is 0. The average Bonchev–Trinajstić information content (AvgIpc) is 2.82. The first-order chi connectivity index (χ1) is 9.63. The largest absolute Gasteiger partial charge is 0.245 e. The normalized spacial score (nSPS) is 10.8. The lowest BCUT2D eigenvalue weighted by molar-refractivity contribution is 0.869. The summed E-state index contributed by atoms with van der Waals surface area (Å²) in [5.74, 6) is 0. The van der Waals surface area contributed by atoms with Crippen LogP contribution in [0.3, 0.4) is 0 Å². The van der Waals surface area contributed by atoms with Crippen LogP contribution in [0.1, 0.15) is 5.69 Å². The second kappa shape index (κ2) is 5.27. The highest BCUT2D eigenvalue weighted by atomic mass is 35.5. The molecule has 1 aromatic carbocycles. The number of nitrogens with zero attached hydrogens (tertiary/aromatic N) is 3. The molecule has 0 fully saturated rings. The molecule has 0 bridgehead atoms. The van der Waals surface area contributed by atoms with Gasteiger partial charge in [-0.1, -0.05) is 23.2 Å². The monoisotopic (exact) mass is 303 g/mol. The van der Waals surface area contributed by atoms with Gasteiger partial charge in [-0.3, -0.25) is 0 Å². The molecule has 0 saturated carbocycles. The molecule has 20 heavy (non-hydrogen) atoms. The Bertz CT molecular complexity index is 748. The number of rotatable bonds is 2. The zero-order valence-corrected chi connectivity index (χ0v) is 12.2. The Hall–Kier alpha value is -1.84.